The van der Waals surface area contributed by atoms with E-state index in [2.05, 4.69) is 4.98 Å². The zero-order chi connectivity index (χ0) is 11.4. The van der Waals surface area contributed by atoms with Crippen LogP contribution in [0.25, 0.3) is 11.1 Å². The normalized spacial score (nSPS) is 9.69. The summed E-state index contributed by atoms with van der Waals surface area (Å²) in [5, 5.41) is 8.71. The van der Waals surface area contributed by atoms with E-state index in [1.54, 1.807) is 6.20 Å². The van der Waals surface area contributed by atoms with Gasteiger partial charge in [0.1, 0.15) is 0 Å². The van der Waals surface area contributed by atoms with Crippen molar-refractivity contribution in [2.45, 2.75) is 6.42 Å². The second-order valence-corrected chi connectivity index (χ2v) is 3.40. The molecule has 0 aliphatic heterocycles. The number of nitrogens with zero attached hydrogens (tertiary/aromatic N) is 1. The number of pyridine rings is 1. The fraction of sp³-hybridized carbons (Fsp3) is 0.0769. The van der Waals surface area contributed by atoms with Gasteiger partial charge in [-0.2, -0.15) is 5.26 Å². The lowest BCUT2D eigenvalue weighted by molar-refractivity contribution is 1.13. The van der Waals surface area contributed by atoms with Crippen LogP contribution in [0.2, 0.25) is 0 Å². The monoisotopic (exact) mass is 210 g/mol. The average Bonchev–Trinajstić information content (AvgIpc) is 2.33. The molecule has 1 heterocycles. The third kappa shape index (κ3) is 1.86. The summed E-state index contributed by atoms with van der Waals surface area (Å²) in [6.07, 6.45) is 1.73. The predicted molar refractivity (Wildman–Crippen MR) is 61.8 cm³/mol. The Balaban J connectivity index is 2.62. The molecule has 0 spiro atoms. The highest BCUT2D eigenvalue weighted by Gasteiger charge is 2.07. The number of hydrogen-bond acceptors (Lipinski definition) is 2. The number of aromatic nitrogens is 1. The number of nitriles is 1. The van der Waals surface area contributed by atoms with Crippen LogP contribution in [0.4, 0.5) is 0 Å². The minimum absolute atomic E-state index is 0.125. The molecule has 0 saturated heterocycles. The second-order valence-electron chi connectivity index (χ2n) is 3.40. The molecule has 1 N–H and O–H groups in total. The predicted octanol–water partition coefficient (Wildman–Crippen LogP) is 2.11. The smallest absolute Gasteiger partial charge is 0.252 e. The number of benzene rings is 1. The number of H-pyrrole nitrogens is 1. The highest BCUT2D eigenvalue weighted by Crippen LogP contribution is 2.20. The Kier molecular flexibility index (Phi) is 2.84. The SMILES string of the molecule is N#CCc1c(-c2ccccc2)cc[nH]c1=O. The molecule has 1 aromatic heterocycles. The Hall–Kier alpha value is -2.34. The Labute approximate surface area is 93.0 Å². The van der Waals surface area contributed by atoms with E-state index < -0.39 is 0 Å². The van der Waals surface area contributed by atoms with Crippen LogP contribution >= 0.6 is 0 Å². The van der Waals surface area contributed by atoms with Gasteiger partial charge in [-0.15, -0.1) is 0 Å². The third-order valence-corrected chi connectivity index (χ3v) is 2.40. The lowest BCUT2D eigenvalue weighted by atomic mass is 10.0. The summed E-state index contributed by atoms with van der Waals surface area (Å²) < 4.78 is 0. The van der Waals surface area contributed by atoms with Gasteiger partial charge >= 0.3 is 0 Å². The average molecular weight is 210 g/mol. The van der Waals surface area contributed by atoms with Crippen molar-refractivity contribution in [3.8, 4) is 17.2 Å². The molecule has 3 nitrogen and oxygen atoms in total. The first-order chi connectivity index (χ1) is 7.83. The minimum atomic E-state index is -0.192. The molecule has 0 aliphatic carbocycles. The van der Waals surface area contributed by atoms with E-state index in [0.29, 0.717) is 5.56 Å². The highest BCUT2D eigenvalue weighted by atomic mass is 16.1. The second kappa shape index (κ2) is 4.45. The van der Waals surface area contributed by atoms with Gasteiger partial charge in [0.15, 0.2) is 0 Å². The summed E-state index contributed by atoms with van der Waals surface area (Å²) in [6, 6.07) is 13.4. The first-order valence-electron chi connectivity index (χ1n) is 4.96. The fourth-order valence-electron chi connectivity index (χ4n) is 1.65. The molecule has 0 aliphatic rings. The van der Waals surface area contributed by atoms with E-state index >= 15 is 0 Å². The van der Waals surface area contributed by atoms with Gasteiger partial charge in [-0.3, -0.25) is 4.79 Å². The van der Waals surface area contributed by atoms with Crippen molar-refractivity contribution >= 4 is 0 Å². The van der Waals surface area contributed by atoms with Crippen molar-refractivity contribution in [3.05, 3.63) is 58.5 Å². The van der Waals surface area contributed by atoms with E-state index in [-0.39, 0.29) is 12.0 Å². The first-order valence-corrected chi connectivity index (χ1v) is 4.96. The van der Waals surface area contributed by atoms with Crippen molar-refractivity contribution < 1.29 is 0 Å². The van der Waals surface area contributed by atoms with E-state index in [1.165, 1.54) is 0 Å². The summed E-state index contributed by atoms with van der Waals surface area (Å²) in [4.78, 5) is 14.2. The third-order valence-electron chi connectivity index (χ3n) is 2.40. The van der Waals surface area contributed by atoms with Crippen molar-refractivity contribution in [2.24, 2.45) is 0 Å². The molecule has 0 atom stereocenters. The van der Waals surface area contributed by atoms with Crippen molar-refractivity contribution in [3.63, 3.8) is 0 Å². The molecule has 0 saturated carbocycles. The minimum Gasteiger partial charge on any atom is -0.329 e. The Morgan fingerprint density at radius 3 is 2.62 bits per heavy atom. The zero-order valence-electron chi connectivity index (χ0n) is 8.60. The maximum atomic E-state index is 11.6. The van der Waals surface area contributed by atoms with E-state index in [1.807, 2.05) is 42.5 Å². The van der Waals surface area contributed by atoms with Crippen LogP contribution in [-0.4, -0.2) is 4.98 Å². The van der Waals surface area contributed by atoms with E-state index in [4.69, 9.17) is 5.26 Å². The summed E-state index contributed by atoms with van der Waals surface area (Å²) in [5.74, 6) is 0. The molecule has 0 unspecified atom stereocenters. The highest BCUT2D eigenvalue weighted by molar-refractivity contribution is 5.66. The lowest BCUT2D eigenvalue weighted by Crippen LogP contribution is -2.12. The molecule has 0 amide bonds. The summed E-state index contributed by atoms with van der Waals surface area (Å²) in [5.41, 5.74) is 2.11. The van der Waals surface area contributed by atoms with Gasteiger partial charge in [0, 0.05) is 11.8 Å². The van der Waals surface area contributed by atoms with Gasteiger partial charge in [0.05, 0.1) is 12.5 Å². The van der Waals surface area contributed by atoms with Crippen LogP contribution < -0.4 is 5.56 Å². The quantitative estimate of drug-likeness (QED) is 0.825. The molecule has 2 aromatic rings. The zero-order valence-corrected chi connectivity index (χ0v) is 8.60. The molecule has 0 bridgehead atoms. The first kappa shape index (κ1) is 10.2. The molecule has 0 fully saturated rings. The number of rotatable bonds is 2. The van der Waals surface area contributed by atoms with Crippen LogP contribution in [0.5, 0.6) is 0 Å². The largest absolute Gasteiger partial charge is 0.329 e. The van der Waals surface area contributed by atoms with Crippen LogP contribution in [0.3, 0.4) is 0 Å². The molecular formula is C13H10N2O. The van der Waals surface area contributed by atoms with Crippen LogP contribution in [-0.2, 0) is 6.42 Å². The molecule has 0 radical (unpaired) electrons. The maximum absolute atomic E-state index is 11.6. The Bertz CT molecular complexity index is 579. The van der Waals surface area contributed by atoms with Gasteiger partial charge in [-0.25, -0.2) is 0 Å². The van der Waals surface area contributed by atoms with Crippen molar-refractivity contribution in [1.29, 1.82) is 5.26 Å². The lowest BCUT2D eigenvalue weighted by Gasteiger charge is -2.05. The Morgan fingerprint density at radius 2 is 1.94 bits per heavy atom. The van der Waals surface area contributed by atoms with E-state index in [9.17, 15) is 4.79 Å². The van der Waals surface area contributed by atoms with Crippen molar-refractivity contribution in [2.75, 3.05) is 0 Å². The molecule has 2 rings (SSSR count). The van der Waals surface area contributed by atoms with Gasteiger partial charge < -0.3 is 4.98 Å². The summed E-state index contributed by atoms with van der Waals surface area (Å²) in [7, 11) is 0. The standard InChI is InChI=1S/C13H10N2O/c14-8-6-12-11(7-9-15-13(12)16)10-4-2-1-3-5-10/h1-5,7,9H,6H2,(H,15,16). The van der Waals surface area contributed by atoms with E-state index in [0.717, 1.165) is 11.1 Å². The van der Waals surface area contributed by atoms with Crippen molar-refractivity contribution in [1.82, 2.24) is 4.98 Å². The molecule has 3 heteroatoms. The summed E-state index contributed by atoms with van der Waals surface area (Å²) >= 11 is 0. The number of hydrogen-bond donors (Lipinski definition) is 1. The Morgan fingerprint density at radius 1 is 1.19 bits per heavy atom. The van der Waals surface area contributed by atoms with Gasteiger partial charge in [0.2, 0.25) is 0 Å². The number of nitrogens with one attached hydrogen (secondary N) is 1. The van der Waals surface area contributed by atoms with Crippen LogP contribution in [0.15, 0.2) is 47.4 Å². The fourth-order valence-corrected chi connectivity index (χ4v) is 1.65. The van der Waals surface area contributed by atoms with Gasteiger partial charge in [-0.05, 0) is 17.2 Å². The molecule has 16 heavy (non-hydrogen) atoms. The molecular weight excluding hydrogens is 200 g/mol. The van der Waals surface area contributed by atoms with Crippen LogP contribution in [0.1, 0.15) is 5.56 Å². The molecule has 1 aromatic carbocycles. The van der Waals surface area contributed by atoms with Crippen LogP contribution in [0, 0.1) is 11.3 Å². The summed E-state index contributed by atoms with van der Waals surface area (Å²) in [6.45, 7) is 0. The number of aromatic amines is 1. The van der Waals surface area contributed by atoms with Gasteiger partial charge in [-0.1, -0.05) is 30.3 Å². The topological polar surface area (TPSA) is 56.6 Å². The molecule has 78 valence electrons. The van der Waals surface area contributed by atoms with Gasteiger partial charge in [0.25, 0.3) is 5.56 Å². The maximum Gasteiger partial charge on any atom is 0.252 e.